The van der Waals surface area contributed by atoms with Gasteiger partial charge in [0.25, 0.3) is 5.91 Å². The van der Waals surface area contributed by atoms with E-state index in [0.29, 0.717) is 37.6 Å². The lowest BCUT2D eigenvalue weighted by Crippen LogP contribution is -2.45. The van der Waals surface area contributed by atoms with Crippen molar-refractivity contribution in [3.05, 3.63) is 97.6 Å². The summed E-state index contributed by atoms with van der Waals surface area (Å²) in [6, 6.07) is 15.9. The molecule has 12 nitrogen and oxygen atoms in total. The third-order valence-corrected chi connectivity index (χ3v) is 7.35. The van der Waals surface area contributed by atoms with Crippen LogP contribution in [0.25, 0.3) is 0 Å². The van der Waals surface area contributed by atoms with Crippen molar-refractivity contribution in [3.63, 3.8) is 0 Å². The molecule has 238 valence electrons. The van der Waals surface area contributed by atoms with E-state index in [9.17, 15) is 14.4 Å². The molecule has 0 bridgehead atoms. The van der Waals surface area contributed by atoms with Crippen molar-refractivity contribution in [1.29, 1.82) is 5.26 Å². The Morgan fingerprint density at radius 1 is 1.13 bits per heavy atom. The van der Waals surface area contributed by atoms with Crippen LogP contribution in [-0.4, -0.2) is 44.4 Å². The molecule has 0 radical (unpaired) electrons. The summed E-state index contributed by atoms with van der Waals surface area (Å²) >= 11 is 9.68. The number of hydrogen-bond acceptors (Lipinski definition) is 9. The average molecular weight is 711 g/mol. The highest BCUT2D eigenvalue weighted by atomic mass is 79.9. The van der Waals surface area contributed by atoms with Gasteiger partial charge in [-0.2, -0.15) is 10.4 Å². The molecule has 1 aliphatic heterocycles. The topological polar surface area (TPSA) is 160 Å². The molecule has 0 aliphatic carbocycles. The standard InChI is InChI=1S/C32H29BrClN5O7/c1-4-44-31(41)28-18(2)37-32(42)38-29(28)21-9-10-25(26(12-21)43-3)45-17-27(40)39-36-15-22-11-23(34)13-24(33)30(22)46-16-20-7-5-19(14-35)6-8-20/h5-13,15,29H,4,16-17H2,1-3H3,(H,39,40)(H2,37,38,42)/b36-15+/t29-/m0/s1. The molecule has 0 spiro atoms. The van der Waals surface area contributed by atoms with Crippen LogP contribution in [0.4, 0.5) is 4.79 Å². The fraction of sp³-hybridized carbons (Fsp3) is 0.219. The van der Waals surface area contributed by atoms with Crippen LogP contribution in [0.15, 0.2) is 75.4 Å². The van der Waals surface area contributed by atoms with Crippen LogP contribution in [0, 0.1) is 11.3 Å². The molecule has 1 heterocycles. The van der Waals surface area contributed by atoms with Crippen molar-refractivity contribution in [1.82, 2.24) is 16.1 Å². The number of rotatable bonds is 12. The number of methoxy groups -OCH3 is 1. The molecule has 0 saturated heterocycles. The summed E-state index contributed by atoms with van der Waals surface area (Å²) < 4.78 is 22.9. The number of halogens is 2. The first-order valence-corrected chi connectivity index (χ1v) is 15.0. The zero-order chi connectivity index (χ0) is 33.2. The maximum absolute atomic E-state index is 12.6. The van der Waals surface area contributed by atoms with Gasteiger partial charge in [-0.05, 0) is 77.3 Å². The third-order valence-electron chi connectivity index (χ3n) is 6.54. The summed E-state index contributed by atoms with van der Waals surface area (Å²) in [4.78, 5) is 37.4. The summed E-state index contributed by atoms with van der Waals surface area (Å²) in [5.41, 5.74) is 5.47. The molecule has 3 aromatic carbocycles. The fourth-order valence-electron chi connectivity index (χ4n) is 4.42. The SMILES string of the molecule is CCOC(=O)C1=C(C)NC(=O)N[C@H]1c1ccc(OCC(=O)N/N=C/c2cc(Cl)cc(Br)c2OCc2ccc(C#N)cc2)c(OC)c1. The molecular weight excluding hydrogens is 682 g/mol. The van der Waals surface area contributed by atoms with Gasteiger partial charge in [0.05, 0.1) is 47.7 Å². The lowest BCUT2D eigenvalue weighted by molar-refractivity contribution is -0.139. The number of hydrogen-bond donors (Lipinski definition) is 3. The zero-order valence-electron chi connectivity index (χ0n) is 25.0. The molecule has 3 amide bonds. The molecule has 1 aliphatic rings. The van der Waals surface area contributed by atoms with E-state index >= 15 is 0 Å². The minimum Gasteiger partial charge on any atom is -0.493 e. The molecule has 1 atom stereocenters. The quantitative estimate of drug-likeness (QED) is 0.130. The number of amides is 3. The van der Waals surface area contributed by atoms with E-state index in [4.69, 9.17) is 35.8 Å². The van der Waals surface area contributed by atoms with E-state index in [1.54, 1.807) is 68.4 Å². The van der Waals surface area contributed by atoms with Crippen molar-refractivity contribution in [3.8, 4) is 23.3 Å². The number of carbonyl (C=O) groups excluding carboxylic acids is 3. The van der Waals surface area contributed by atoms with Crippen molar-refractivity contribution < 1.29 is 33.3 Å². The Morgan fingerprint density at radius 2 is 1.89 bits per heavy atom. The van der Waals surface area contributed by atoms with Crippen molar-refractivity contribution >= 4 is 51.7 Å². The molecule has 0 saturated carbocycles. The first kappa shape index (κ1) is 33.8. The fourth-order valence-corrected chi connectivity index (χ4v) is 5.36. The predicted octanol–water partition coefficient (Wildman–Crippen LogP) is 5.28. The number of benzene rings is 3. The second-order valence-electron chi connectivity index (χ2n) is 9.69. The molecule has 0 unspecified atom stereocenters. The van der Waals surface area contributed by atoms with E-state index in [1.165, 1.54) is 13.3 Å². The molecular formula is C32H29BrClN5O7. The second-order valence-corrected chi connectivity index (χ2v) is 11.0. The number of hydrazone groups is 1. The van der Waals surface area contributed by atoms with E-state index in [2.05, 4.69) is 43.2 Å². The van der Waals surface area contributed by atoms with Crippen LogP contribution in [0.2, 0.25) is 5.02 Å². The van der Waals surface area contributed by atoms with Gasteiger partial charge in [-0.1, -0.05) is 29.8 Å². The Kier molecular flexibility index (Phi) is 11.6. The summed E-state index contributed by atoms with van der Waals surface area (Å²) in [5.74, 6) is -0.146. The Hall–Kier alpha value is -5.06. The number of carbonyl (C=O) groups is 3. The highest BCUT2D eigenvalue weighted by Crippen LogP contribution is 2.35. The third kappa shape index (κ3) is 8.56. The first-order chi connectivity index (χ1) is 22.1. The van der Waals surface area contributed by atoms with Crippen LogP contribution in [0.5, 0.6) is 17.2 Å². The number of nitrogens with one attached hydrogen (secondary N) is 3. The lowest BCUT2D eigenvalue weighted by Gasteiger charge is -2.28. The summed E-state index contributed by atoms with van der Waals surface area (Å²) in [6.07, 6.45) is 1.39. The molecule has 3 N–H and O–H groups in total. The van der Waals surface area contributed by atoms with Gasteiger partial charge in [0.2, 0.25) is 0 Å². The van der Waals surface area contributed by atoms with E-state index < -0.39 is 30.6 Å². The number of esters is 1. The molecule has 4 rings (SSSR count). The van der Waals surface area contributed by atoms with Gasteiger partial charge in [-0.15, -0.1) is 0 Å². The van der Waals surface area contributed by atoms with Crippen LogP contribution in [-0.2, 0) is 20.9 Å². The number of urea groups is 1. The number of nitrogens with zero attached hydrogens (tertiary/aromatic N) is 2. The lowest BCUT2D eigenvalue weighted by atomic mass is 9.95. The first-order valence-electron chi connectivity index (χ1n) is 13.8. The number of allylic oxidation sites excluding steroid dienone is 1. The molecule has 3 aromatic rings. The normalized spacial score (nSPS) is 14.2. The van der Waals surface area contributed by atoms with E-state index in [-0.39, 0.29) is 30.3 Å². The molecule has 0 fully saturated rings. The molecule has 46 heavy (non-hydrogen) atoms. The highest BCUT2D eigenvalue weighted by molar-refractivity contribution is 9.10. The summed E-state index contributed by atoms with van der Waals surface area (Å²) in [6.45, 7) is 3.30. The van der Waals surface area contributed by atoms with Gasteiger partial charge < -0.3 is 29.6 Å². The highest BCUT2D eigenvalue weighted by Gasteiger charge is 2.32. The van der Waals surface area contributed by atoms with Gasteiger partial charge in [0.1, 0.15) is 12.4 Å². The van der Waals surface area contributed by atoms with Gasteiger partial charge in [-0.25, -0.2) is 15.0 Å². The Morgan fingerprint density at radius 3 is 2.59 bits per heavy atom. The number of ether oxygens (including phenoxy) is 4. The van der Waals surface area contributed by atoms with Crippen LogP contribution in [0.3, 0.4) is 0 Å². The zero-order valence-corrected chi connectivity index (χ0v) is 27.3. The minimum atomic E-state index is -0.794. The Labute approximate surface area is 278 Å². The van der Waals surface area contributed by atoms with Crippen LogP contribution < -0.4 is 30.3 Å². The van der Waals surface area contributed by atoms with Crippen LogP contribution >= 0.6 is 27.5 Å². The Balaban J connectivity index is 1.41. The van der Waals surface area contributed by atoms with E-state index in [0.717, 1.165) is 5.56 Å². The monoisotopic (exact) mass is 709 g/mol. The maximum atomic E-state index is 12.6. The minimum absolute atomic E-state index is 0.171. The van der Waals surface area contributed by atoms with Gasteiger partial charge >= 0.3 is 12.0 Å². The van der Waals surface area contributed by atoms with Crippen LogP contribution in [0.1, 0.15) is 42.1 Å². The molecule has 14 heteroatoms. The predicted molar refractivity (Wildman–Crippen MR) is 173 cm³/mol. The largest absolute Gasteiger partial charge is 0.493 e. The Bertz CT molecular complexity index is 1740. The van der Waals surface area contributed by atoms with Gasteiger partial charge in [0.15, 0.2) is 18.1 Å². The summed E-state index contributed by atoms with van der Waals surface area (Å²) in [5, 5.41) is 18.7. The van der Waals surface area contributed by atoms with Crippen molar-refractivity contribution in [2.24, 2.45) is 5.10 Å². The van der Waals surface area contributed by atoms with E-state index in [1.807, 2.05) is 0 Å². The van der Waals surface area contributed by atoms with Gasteiger partial charge in [-0.3, -0.25) is 4.79 Å². The average Bonchev–Trinajstić information content (AvgIpc) is 3.03. The summed E-state index contributed by atoms with van der Waals surface area (Å²) in [7, 11) is 1.43. The maximum Gasteiger partial charge on any atom is 0.338 e. The smallest absolute Gasteiger partial charge is 0.338 e. The van der Waals surface area contributed by atoms with Crippen molar-refractivity contribution in [2.45, 2.75) is 26.5 Å². The number of nitriles is 1. The molecule has 0 aromatic heterocycles. The second kappa shape index (κ2) is 15.8. The van der Waals surface area contributed by atoms with Gasteiger partial charge in [0, 0.05) is 16.3 Å². The van der Waals surface area contributed by atoms with Crippen molar-refractivity contribution in [2.75, 3.05) is 20.3 Å².